The summed E-state index contributed by atoms with van der Waals surface area (Å²) < 4.78 is 5.53. The molecule has 0 unspecified atom stereocenters. The summed E-state index contributed by atoms with van der Waals surface area (Å²) in [6.07, 6.45) is 0. The summed E-state index contributed by atoms with van der Waals surface area (Å²) in [4.78, 5) is 16.0. The molecule has 0 aliphatic heterocycles. The molecule has 0 aliphatic carbocycles. The average molecular weight is 362 g/mol. The molecule has 0 radical (unpaired) electrons. The lowest BCUT2D eigenvalue weighted by atomic mass is 10.0. The Morgan fingerprint density at radius 2 is 1.62 bits per heavy atom. The first-order chi connectivity index (χ1) is 12.7. The number of esters is 1. The van der Waals surface area contributed by atoms with Gasteiger partial charge in [0.05, 0.1) is 0 Å². The highest BCUT2D eigenvalue weighted by atomic mass is 35.5. The molecular formula is C22H16ClNO2. The van der Waals surface area contributed by atoms with Crippen LogP contribution in [0.3, 0.4) is 0 Å². The van der Waals surface area contributed by atoms with Crippen molar-refractivity contribution >= 4 is 28.5 Å². The standard InChI is InChI=1S/C22H16ClNO2/c23-17-11-12-19-18(13-17)20(16-9-5-2-6-10-16)21(24-19)22(25)26-14-15-7-3-1-4-8-15/h1-13,24H,14H2. The Balaban J connectivity index is 1.75. The molecule has 3 aromatic carbocycles. The third-order valence-corrected chi connectivity index (χ3v) is 4.48. The van der Waals surface area contributed by atoms with E-state index in [4.69, 9.17) is 16.3 Å². The quantitative estimate of drug-likeness (QED) is 0.463. The molecule has 4 aromatic rings. The fraction of sp³-hybridized carbons (Fsp3) is 0.0455. The Morgan fingerprint density at radius 1 is 0.923 bits per heavy atom. The van der Waals surface area contributed by atoms with Gasteiger partial charge in [0.2, 0.25) is 0 Å². The maximum absolute atomic E-state index is 12.8. The van der Waals surface area contributed by atoms with Crippen LogP contribution in [0.4, 0.5) is 0 Å². The van der Waals surface area contributed by atoms with Crippen LogP contribution in [-0.2, 0) is 11.3 Å². The highest BCUT2D eigenvalue weighted by molar-refractivity contribution is 6.31. The van der Waals surface area contributed by atoms with Crippen LogP contribution in [0.1, 0.15) is 16.1 Å². The number of fused-ring (bicyclic) bond motifs is 1. The number of carbonyl (C=O) groups is 1. The van der Waals surface area contributed by atoms with Crippen LogP contribution in [0.2, 0.25) is 5.02 Å². The van der Waals surface area contributed by atoms with E-state index < -0.39 is 0 Å². The molecule has 0 aliphatic rings. The van der Waals surface area contributed by atoms with Crippen LogP contribution in [0.5, 0.6) is 0 Å². The van der Waals surface area contributed by atoms with Gasteiger partial charge in [0.15, 0.2) is 0 Å². The first-order valence-corrected chi connectivity index (χ1v) is 8.68. The maximum Gasteiger partial charge on any atom is 0.355 e. The number of rotatable bonds is 4. The van der Waals surface area contributed by atoms with Gasteiger partial charge in [-0.1, -0.05) is 72.3 Å². The van der Waals surface area contributed by atoms with Crippen molar-refractivity contribution < 1.29 is 9.53 Å². The van der Waals surface area contributed by atoms with Gasteiger partial charge in [-0.15, -0.1) is 0 Å². The van der Waals surface area contributed by atoms with E-state index in [9.17, 15) is 4.79 Å². The number of H-pyrrole nitrogens is 1. The van der Waals surface area contributed by atoms with Gasteiger partial charge < -0.3 is 9.72 Å². The average Bonchev–Trinajstić information content (AvgIpc) is 3.06. The number of ether oxygens (including phenoxy) is 1. The number of aromatic amines is 1. The highest BCUT2D eigenvalue weighted by Gasteiger charge is 2.20. The van der Waals surface area contributed by atoms with Crippen LogP contribution in [0, 0.1) is 0 Å². The van der Waals surface area contributed by atoms with E-state index in [2.05, 4.69) is 4.98 Å². The van der Waals surface area contributed by atoms with Crippen LogP contribution in [-0.4, -0.2) is 11.0 Å². The molecule has 0 saturated heterocycles. The van der Waals surface area contributed by atoms with Gasteiger partial charge in [0.25, 0.3) is 0 Å². The Morgan fingerprint density at radius 3 is 2.35 bits per heavy atom. The number of hydrogen-bond donors (Lipinski definition) is 1. The molecule has 1 heterocycles. The molecule has 4 heteroatoms. The van der Waals surface area contributed by atoms with E-state index >= 15 is 0 Å². The van der Waals surface area contributed by atoms with Crippen molar-refractivity contribution in [3.8, 4) is 11.1 Å². The minimum atomic E-state index is -0.389. The number of aromatic nitrogens is 1. The predicted molar refractivity (Wildman–Crippen MR) is 104 cm³/mol. The summed E-state index contributed by atoms with van der Waals surface area (Å²) in [5, 5.41) is 1.52. The third kappa shape index (κ3) is 3.22. The summed E-state index contributed by atoms with van der Waals surface area (Å²) >= 11 is 6.18. The second-order valence-corrected chi connectivity index (χ2v) is 6.43. The molecule has 0 atom stereocenters. The van der Waals surface area contributed by atoms with E-state index in [0.29, 0.717) is 10.7 Å². The minimum Gasteiger partial charge on any atom is -0.456 e. The number of halogens is 1. The normalized spacial score (nSPS) is 10.8. The first kappa shape index (κ1) is 16.4. The van der Waals surface area contributed by atoms with E-state index in [-0.39, 0.29) is 12.6 Å². The number of benzene rings is 3. The Hall–Kier alpha value is -3.04. The van der Waals surface area contributed by atoms with Gasteiger partial charge in [-0.25, -0.2) is 4.79 Å². The summed E-state index contributed by atoms with van der Waals surface area (Å²) in [6, 6.07) is 24.9. The lowest BCUT2D eigenvalue weighted by molar-refractivity contribution is 0.0468. The Kier molecular flexibility index (Phi) is 4.46. The molecule has 128 valence electrons. The largest absolute Gasteiger partial charge is 0.456 e. The smallest absolute Gasteiger partial charge is 0.355 e. The number of hydrogen-bond acceptors (Lipinski definition) is 2. The maximum atomic E-state index is 12.8. The lowest BCUT2D eigenvalue weighted by Crippen LogP contribution is -2.07. The molecule has 3 nitrogen and oxygen atoms in total. The Bertz CT molecular complexity index is 1060. The van der Waals surface area contributed by atoms with Crippen molar-refractivity contribution in [2.75, 3.05) is 0 Å². The lowest BCUT2D eigenvalue weighted by Gasteiger charge is -2.07. The zero-order valence-corrected chi connectivity index (χ0v) is 14.7. The molecule has 4 rings (SSSR count). The third-order valence-electron chi connectivity index (χ3n) is 4.24. The molecule has 0 bridgehead atoms. The van der Waals surface area contributed by atoms with E-state index in [0.717, 1.165) is 27.6 Å². The molecule has 0 saturated carbocycles. The SMILES string of the molecule is O=C(OCc1ccccc1)c1[nH]c2ccc(Cl)cc2c1-c1ccccc1. The van der Waals surface area contributed by atoms with Crippen molar-refractivity contribution in [1.82, 2.24) is 4.98 Å². The summed E-state index contributed by atoms with van der Waals surface area (Å²) in [5.41, 5.74) is 3.97. The van der Waals surface area contributed by atoms with E-state index in [1.807, 2.05) is 72.8 Å². The van der Waals surface area contributed by atoms with Gasteiger partial charge in [0, 0.05) is 21.5 Å². The highest BCUT2D eigenvalue weighted by Crippen LogP contribution is 2.34. The van der Waals surface area contributed by atoms with Crippen molar-refractivity contribution in [3.05, 3.63) is 95.1 Å². The number of carbonyl (C=O) groups excluding carboxylic acids is 1. The van der Waals surface area contributed by atoms with Crippen molar-refractivity contribution in [2.24, 2.45) is 0 Å². The summed E-state index contributed by atoms with van der Waals surface area (Å²) in [5.74, 6) is -0.389. The van der Waals surface area contributed by atoms with Gasteiger partial charge in [0.1, 0.15) is 12.3 Å². The van der Waals surface area contributed by atoms with E-state index in [1.54, 1.807) is 6.07 Å². The fourth-order valence-corrected chi connectivity index (χ4v) is 3.19. The van der Waals surface area contributed by atoms with Crippen molar-refractivity contribution in [3.63, 3.8) is 0 Å². The van der Waals surface area contributed by atoms with Crippen molar-refractivity contribution in [1.29, 1.82) is 0 Å². The van der Waals surface area contributed by atoms with E-state index in [1.165, 1.54) is 0 Å². The molecule has 26 heavy (non-hydrogen) atoms. The Labute approximate surface area is 156 Å². The van der Waals surface area contributed by atoms with Gasteiger partial charge in [-0.2, -0.15) is 0 Å². The number of nitrogens with one attached hydrogen (secondary N) is 1. The van der Waals surface area contributed by atoms with Gasteiger partial charge in [-0.3, -0.25) is 0 Å². The summed E-state index contributed by atoms with van der Waals surface area (Å²) in [7, 11) is 0. The molecule has 1 N–H and O–H groups in total. The topological polar surface area (TPSA) is 42.1 Å². The van der Waals surface area contributed by atoms with Crippen molar-refractivity contribution in [2.45, 2.75) is 6.61 Å². The second kappa shape index (κ2) is 7.06. The second-order valence-electron chi connectivity index (χ2n) is 5.99. The first-order valence-electron chi connectivity index (χ1n) is 8.30. The zero-order valence-electron chi connectivity index (χ0n) is 13.9. The molecule has 0 amide bonds. The van der Waals surface area contributed by atoms with Crippen LogP contribution >= 0.6 is 11.6 Å². The fourth-order valence-electron chi connectivity index (χ4n) is 3.02. The van der Waals surface area contributed by atoms with Crippen LogP contribution in [0.15, 0.2) is 78.9 Å². The molecule has 0 fully saturated rings. The molecule has 0 spiro atoms. The predicted octanol–water partition coefficient (Wildman–Crippen LogP) is 5.85. The van der Waals surface area contributed by atoms with Crippen LogP contribution < -0.4 is 0 Å². The monoisotopic (exact) mass is 361 g/mol. The molecule has 1 aromatic heterocycles. The zero-order chi connectivity index (χ0) is 17.9. The van der Waals surface area contributed by atoms with Gasteiger partial charge in [-0.05, 0) is 29.3 Å². The molecular weight excluding hydrogens is 346 g/mol. The van der Waals surface area contributed by atoms with Gasteiger partial charge >= 0.3 is 5.97 Å². The minimum absolute atomic E-state index is 0.226. The van der Waals surface area contributed by atoms with Crippen LogP contribution in [0.25, 0.3) is 22.0 Å². The summed E-state index contributed by atoms with van der Waals surface area (Å²) in [6.45, 7) is 0.226.